The minimum atomic E-state index is 0. The van der Waals surface area contributed by atoms with E-state index in [2.05, 4.69) is 0 Å². The number of hydrogen-bond donors (Lipinski definition) is 0. The zero-order valence-electron chi connectivity index (χ0n) is 3.82. The predicted octanol–water partition coefficient (Wildman–Crippen LogP) is -3.78. The molecule has 0 bridgehead atoms. The van der Waals surface area contributed by atoms with Crippen LogP contribution in [0.2, 0.25) is 0 Å². The van der Waals surface area contributed by atoms with Gasteiger partial charge in [0.1, 0.15) is 0 Å². The second-order valence-corrected chi connectivity index (χ2v) is 0. The van der Waals surface area contributed by atoms with Crippen molar-refractivity contribution in [3.8, 4) is 0 Å². The zero-order valence-corrected chi connectivity index (χ0v) is 10.7. The molecule has 0 spiro atoms. The van der Waals surface area contributed by atoms with Gasteiger partial charge in [-0.1, -0.05) is 0 Å². The van der Waals surface area contributed by atoms with Crippen molar-refractivity contribution in [2.45, 2.75) is 0 Å². The molecule has 0 atom stereocenters. The minimum Gasteiger partial charge on any atom is -0.0125 e. The third kappa shape index (κ3) is 34.2. The van der Waals surface area contributed by atoms with Gasteiger partial charge in [0, 0.05) is 0 Å². The van der Waals surface area contributed by atoms with Crippen molar-refractivity contribution in [2.24, 2.45) is 0 Å². The van der Waals surface area contributed by atoms with Crippen LogP contribution >= 0.6 is 0 Å². The Hall–Kier alpha value is 1.30. The van der Waals surface area contributed by atoms with Crippen molar-refractivity contribution in [1.82, 2.24) is 0 Å². The van der Waals surface area contributed by atoms with E-state index in [4.69, 9.17) is 3.80 Å². The third-order valence-electron chi connectivity index (χ3n) is 0. The van der Waals surface area contributed by atoms with Crippen LogP contribution in [0, 0.1) is 0 Å². The zero-order chi connectivity index (χ0) is 2.00. The Morgan fingerprint density at radius 1 is 1.00 bits per heavy atom. The molecule has 0 amide bonds. The first kappa shape index (κ1) is 33.5. The van der Waals surface area contributed by atoms with E-state index in [-0.39, 0.29) is 39.3 Å². The third-order valence-corrected chi connectivity index (χ3v) is 0. The Labute approximate surface area is 59.3 Å². The fourth-order valence-electron chi connectivity index (χ4n) is 0. The first-order chi connectivity index (χ1) is 1.00. The molecule has 5 heteroatoms. The summed E-state index contributed by atoms with van der Waals surface area (Å²) in [5, 5.41) is 0. The van der Waals surface area contributed by atoms with Gasteiger partial charge in [-0.15, -0.1) is 0 Å². The quantitative estimate of drug-likeness (QED) is 0.311. The number of hydrogen-bond acceptors (Lipinski definition) is 1. The van der Waals surface area contributed by atoms with Crippen LogP contribution < -0.4 is 0 Å². The van der Waals surface area contributed by atoms with Gasteiger partial charge in [0.05, 0.1) is 17.4 Å². The van der Waals surface area contributed by atoms with Crippen molar-refractivity contribution in [3.63, 3.8) is 0 Å². The van der Waals surface area contributed by atoms with Gasteiger partial charge in [-0.3, -0.25) is 0 Å². The van der Waals surface area contributed by atoms with E-state index in [1.165, 1.54) is 0 Å². The van der Waals surface area contributed by atoms with E-state index in [1.807, 2.05) is 0 Å². The summed E-state index contributed by atoms with van der Waals surface area (Å²) in [6, 6.07) is 0. The van der Waals surface area contributed by atoms with E-state index in [9.17, 15) is 0 Å². The first-order valence-electron chi connectivity index (χ1n) is 0.289. The molecule has 1 nitrogen and oxygen atoms in total. The van der Waals surface area contributed by atoms with Gasteiger partial charge in [-0.2, -0.15) is 0 Å². The average Bonchev–Trinajstić information content (AvgIpc) is 1.00. The largest absolute Gasteiger partial charge is 0.0125 e. The Bertz CT molecular complexity index is 7.61. The standard InChI is InChI=1S/2Al.O.2H3Si.2H/h;;;2*1H3;;. The van der Waals surface area contributed by atoms with Gasteiger partial charge in [0.2, 0.25) is 0 Å². The predicted molar refractivity (Wildman–Crippen MR) is 34.9 cm³/mol. The summed E-state index contributed by atoms with van der Waals surface area (Å²) >= 11 is 0.611. The average molecular weight is 134 g/mol. The molecular formula is H8Al2OSi2. The van der Waals surface area contributed by atoms with Crippen LogP contribution in [-0.2, 0) is 3.80 Å². The summed E-state index contributed by atoms with van der Waals surface area (Å²) in [4.78, 5) is 0. The summed E-state index contributed by atoms with van der Waals surface area (Å²) < 4.78 is 8.28. The van der Waals surface area contributed by atoms with Crippen LogP contribution in [0.15, 0.2) is 0 Å². The molecule has 0 aliphatic heterocycles. The van der Waals surface area contributed by atoms with Crippen molar-refractivity contribution in [2.75, 3.05) is 0 Å². The molecule has 0 N–H and O–H groups in total. The van der Waals surface area contributed by atoms with Gasteiger partial charge in [0.25, 0.3) is 0 Å². The van der Waals surface area contributed by atoms with Gasteiger partial charge in [-0.05, 0) is 21.9 Å². The Kier molecular flexibility index (Phi) is 389. The van der Waals surface area contributed by atoms with Crippen molar-refractivity contribution >= 4 is 55.5 Å². The topological polar surface area (TPSA) is 17.1 Å². The summed E-state index contributed by atoms with van der Waals surface area (Å²) in [6.45, 7) is 0. The van der Waals surface area contributed by atoms with E-state index in [0.29, 0.717) is 16.2 Å². The Balaban J connectivity index is -0.00000000167. The summed E-state index contributed by atoms with van der Waals surface area (Å²) in [7, 11) is 0. The maximum absolute atomic E-state index is 8.28. The maximum atomic E-state index is 8.28. The normalized spacial score (nSPS) is 0.600. The first-order valence-corrected chi connectivity index (χ1v) is 0.866. The molecule has 28 valence electrons. The molecule has 5 heavy (non-hydrogen) atoms. The SMILES string of the molecule is [AlH].[O]=[AlH].[SiH3].[SiH3]. The molecule has 0 aliphatic carbocycles. The van der Waals surface area contributed by atoms with E-state index in [0.717, 1.165) is 0 Å². The molecule has 0 heterocycles. The molecule has 0 rings (SSSR count). The molecule has 0 unspecified atom stereocenters. The molecule has 0 aromatic carbocycles. The van der Waals surface area contributed by atoms with E-state index < -0.39 is 0 Å². The van der Waals surface area contributed by atoms with E-state index in [1.54, 1.807) is 0 Å². The van der Waals surface area contributed by atoms with Gasteiger partial charge < -0.3 is 0 Å². The van der Waals surface area contributed by atoms with Gasteiger partial charge in [0.15, 0.2) is 0 Å². The second-order valence-electron chi connectivity index (χ2n) is 0. The Morgan fingerprint density at radius 2 is 1.00 bits per heavy atom. The number of rotatable bonds is 0. The van der Waals surface area contributed by atoms with Crippen LogP contribution in [0.3, 0.4) is 0 Å². The fourth-order valence-corrected chi connectivity index (χ4v) is 0. The van der Waals surface area contributed by atoms with Crippen LogP contribution in [0.1, 0.15) is 0 Å². The molecule has 0 saturated carbocycles. The monoisotopic (exact) mass is 134 g/mol. The molecule has 0 aromatic heterocycles. The van der Waals surface area contributed by atoms with Crippen LogP contribution in [-0.4, -0.2) is 55.5 Å². The summed E-state index contributed by atoms with van der Waals surface area (Å²) in [5.74, 6) is 0. The van der Waals surface area contributed by atoms with Crippen molar-refractivity contribution in [1.29, 1.82) is 0 Å². The summed E-state index contributed by atoms with van der Waals surface area (Å²) in [5.41, 5.74) is 0. The van der Waals surface area contributed by atoms with Crippen molar-refractivity contribution < 1.29 is 3.80 Å². The minimum absolute atomic E-state index is 0. The molecule has 4 radical (unpaired) electrons. The van der Waals surface area contributed by atoms with Crippen molar-refractivity contribution in [3.05, 3.63) is 0 Å². The Morgan fingerprint density at radius 3 is 1.00 bits per heavy atom. The van der Waals surface area contributed by atoms with E-state index >= 15 is 0 Å². The van der Waals surface area contributed by atoms with Crippen LogP contribution in [0.5, 0.6) is 0 Å². The van der Waals surface area contributed by atoms with Crippen LogP contribution in [0.25, 0.3) is 0 Å². The molecular weight excluding hydrogens is 126 g/mol. The molecule has 0 aliphatic rings. The summed E-state index contributed by atoms with van der Waals surface area (Å²) in [6.07, 6.45) is 0. The molecule has 0 saturated heterocycles. The molecule has 0 aromatic rings. The van der Waals surface area contributed by atoms with Gasteiger partial charge >= 0.3 is 20.0 Å². The molecule has 0 fully saturated rings. The smallest absolute Gasteiger partial charge is 0.0125 e. The maximum Gasteiger partial charge on any atom is -0.0125 e. The second kappa shape index (κ2) is 58.1. The fraction of sp³-hybridized carbons (Fsp3) is 0. The van der Waals surface area contributed by atoms with Crippen LogP contribution in [0.4, 0.5) is 0 Å². The van der Waals surface area contributed by atoms with Gasteiger partial charge in [-0.25, -0.2) is 0 Å².